The molecule has 1 saturated heterocycles. The largest absolute Gasteiger partial charge is 0.347 e. The highest BCUT2D eigenvalue weighted by Gasteiger charge is 2.22. The Morgan fingerprint density at radius 3 is 3.00 bits per heavy atom. The fourth-order valence-corrected chi connectivity index (χ4v) is 2.85. The molecule has 1 fully saturated rings. The Balaban J connectivity index is 1.73. The van der Waals surface area contributed by atoms with Crippen LogP contribution in [0.2, 0.25) is 0 Å². The van der Waals surface area contributed by atoms with Gasteiger partial charge in [-0.2, -0.15) is 0 Å². The van der Waals surface area contributed by atoms with Crippen LogP contribution in [0.1, 0.15) is 35.2 Å². The molecule has 0 unspecified atom stereocenters. The highest BCUT2D eigenvalue weighted by molar-refractivity contribution is 5.92. The molecule has 112 valence electrons. The SMILES string of the molecule is CN(Cc1ncc[nH]1)C(=O)c1cccn1C1CCNCC1. The standard InChI is InChI=1S/C15H21N5O/c1-19(11-14-17-8-9-18-14)15(21)13-3-2-10-20(13)12-4-6-16-7-5-12/h2-3,8-10,12,16H,4-7,11H2,1H3,(H,17,18). The highest BCUT2D eigenvalue weighted by atomic mass is 16.2. The second-order valence-electron chi connectivity index (χ2n) is 5.48. The molecule has 3 rings (SSSR count). The maximum Gasteiger partial charge on any atom is 0.270 e. The van der Waals surface area contributed by atoms with Crippen LogP contribution in [-0.4, -0.2) is 45.5 Å². The zero-order valence-electron chi connectivity index (χ0n) is 12.2. The number of hydrogen-bond acceptors (Lipinski definition) is 3. The van der Waals surface area contributed by atoms with Crippen molar-refractivity contribution in [1.29, 1.82) is 0 Å². The predicted octanol–water partition coefficient (Wildman–Crippen LogP) is 1.41. The molecule has 1 aliphatic heterocycles. The number of H-pyrrole nitrogens is 1. The molecule has 1 aliphatic rings. The lowest BCUT2D eigenvalue weighted by Crippen LogP contribution is -2.33. The number of carbonyl (C=O) groups is 1. The number of piperidine rings is 1. The fraction of sp³-hybridized carbons (Fsp3) is 0.467. The molecule has 21 heavy (non-hydrogen) atoms. The van der Waals surface area contributed by atoms with Crippen LogP contribution in [0, 0.1) is 0 Å². The molecular weight excluding hydrogens is 266 g/mol. The Morgan fingerprint density at radius 1 is 1.48 bits per heavy atom. The smallest absolute Gasteiger partial charge is 0.270 e. The average Bonchev–Trinajstić information content (AvgIpc) is 3.18. The summed E-state index contributed by atoms with van der Waals surface area (Å²) in [7, 11) is 1.81. The summed E-state index contributed by atoms with van der Waals surface area (Å²) < 4.78 is 2.13. The van der Waals surface area contributed by atoms with E-state index in [1.54, 1.807) is 17.3 Å². The monoisotopic (exact) mass is 287 g/mol. The molecule has 0 aromatic carbocycles. The third kappa shape index (κ3) is 3.00. The van der Waals surface area contributed by atoms with Crippen LogP contribution in [0.3, 0.4) is 0 Å². The van der Waals surface area contributed by atoms with E-state index in [2.05, 4.69) is 19.9 Å². The van der Waals surface area contributed by atoms with Crippen LogP contribution in [-0.2, 0) is 6.54 Å². The third-order valence-corrected chi connectivity index (χ3v) is 3.99. The van der Waals surface area contributed by atoms with Gasteiger partial charge in [-0.1, -0.05) is 0 Å². The summed E-state index contributed by atoms with van der Waals surface area (Å²) in [4.78, 5) is 21.5. The number of hydrogen-bond donors (Lipinski definition) is 2. The number of aromatic amines is 1. The highest BCUT2D eigenvalue weighted by Crippen LogP contribution is 2.22. The number of nitrogens with zero attached hydrogens (tertiary/aromatic N) is 3. The van der Waals surface area contributed by atoms with Gasteiger partial charge in [-0.3, -0.25) is 4.79 Å². The third-order valence-electron chi connectivity index (χ3n) is 3.99. The van der Waals surface area contributed by atoms with Gasteiger partial charge in [0.05, 0.1) is 6.54 Å². The Morgan fingerprint density at radius 2 is 2.29 bits per heavy atom. The first-order chi connectivity index (χ1) is 10.3. The second kappa shape index (κ2) is 6.13. The van der Waals surface area contributed by atoms with E-state index < -0.39 is 0 Å². The average molecular weight is 287 g/mol. The lowest BCUT2D eigenvalue weighted by Gasteiger charge is -2.27. The number of aromatic nitrogens is 3. The van der Waals surface area contributed by atoms with Crippen molar-refractivity contribution in [1.82, 2.24) is 24.8 Å². The summed E-state index contributed by atoms with van der Waals surface area (Å²) in [6.45, 7) is 2.51. The molecule has 0 bridgehead atoms. The molecule has 2 aromatic rings. The summed E-state index contributed by atoms with van der Waals surface area (Å²) in [6.07, 6.45) is 7.62. The van der Waals surface area contributed by atoms with Crippen molar-refractivity contribution in [3.63, 3.8) is 0 Å². The zero-order chi connectivity index (χ0) is 14.7. The van der Waals surface area contributed by atoms with E-state index in [0.717, 1.165) is 37.4 Å². The van der Waals surface area contributed by atoms with Gasteiger partial charge in [0.25, 0.3) is 5.91 Å². The summed E-state index contributed by atoms with van der Waals surface area (Å²) in [5.74, 6) is 0.834. The van der Waals surface area contributed by atoms with Crippen molar-refractivity contribution in [2.24, 2.45) is 0 Å². The van der Waals surface area contributed by atoms with E-state index in [1.165, 1.54) is 0 Å². The number of imidazole rings is 1. The maximum absolute atomic E-state index is 12.6. The minimum atomic E-state index is 0.0370. The van der Waals surface area contributed by atoms with Crippen molar-refractivity contribution >= 4 is 5.91 Å². The summed E-state index contributed by atoms with van der Waals surface area (Å²) in [6, 6.07) is 4.27. The number of amides is 1. The van der Waals surface area contributed by atoms with Gasteiger partial charge >= 0.3 is 0 Å². The van der Waals surface area contributed by atoms with Crippen LogP contribution < -0.4 is 5.32 Å². The van der Waals surface area contributed by atoms with Gasteiger partial charge in [0.15, 0.2) is 0 Å². The van der Waals surface area contributed by atoms with Gasteiger partial charge in [0.2, 0.25) is 0 Å². The maximum atomic E-state index is 12.6. The Hall–Kier alpha value is -2.08. The minimum Gasteiger partial charge on any atom is -0.347 e. The first kappa shape index (κ1) is 13.9. The van der Waals surface area contributed by atoms with Gasteiger partial charge in [0, 0.05) is 31.7 Å². The van der Waals surface area contributed by atoms with Crippen molar-refractivity contribution in [2.45, 2.75) is 25.4 Å². The molecule has 0 spiro atoms. The Labute approximate surface area is 124 Å². The Kier molecular flexibility index (Phi) is 4.06. The van der Waals surface area contributed by atoms with Gasteiger partial charge in [0.1, 0.15) is 11.5 Å². The molecule has 6 heteroatoms. The first-order valence-electron chi connectivity index (χ1n) is 7.37. The normalized spacial score (nSPS) is 16.0. The Bertz CT molecular complexity index is 583. The van der Waals surface area contributed by atoms with E-state index in [9.17, 15) is 4.79 Å². The van der Waals surface area contributed by atoms with Crippen LogP contribution in [0.4, 0.5) is 0 Å². The molecule has 0 radical (unpaired) electrons. The lowest BCUT2D eigenvalue weighted by atomic mass is 10.1. The molecule has 3 heterocycles. The molecule has 0 atom stereocenters. The molecule has 2 N–H and O–H groups in total. The predicted molar refractivity (Wildman–Crippen MR) is 80.0 cm³/mol. The number of rotatable bonds is 4. The fourth-order valence-electron chi connectivity index (χ4n) is 2.85. The van der Waals surface area contributed by atoms with Gasteiger partial charge in [-0.15, -0.1) is 0 Å². The van der Waals surface area contributed by atoms with Crippen molar-refractivity contribution in [2.75, 3.05) is 20.1 Å². The van der Waals surface area contributed by atoms with E-state index in [1.807, 2.05) is 25.4 Å². The van der Waals surface area contributed by atoms with Gasteiger partial charge in [-0.05, 0) is 38.1 Å². The second-order valence-corrected chi connectivity index (χ2v) is 5.48. The van der Waals surface area contributed by atoms with Crippen LogP contribution in [0.15, 0.2) is 30.7 Å². The van der Waals surface area contributed by atoms with Gasteiger partial charge in [-0.25, -0.2) is 4.98 Å². The summed E-state index contributed by atoms with van der Waals surface area (Å²) >= 11 is 0. The molecule has 0 aliphatic carbocycles. The van der Waals surface area contributed by atoms with Crippen LogP contribution in [0.5, 0.6) is 0 Å². The minimum absolute atomic E-state index is 0.0370. The summed E-state index contributed by atoms with van der Waals surface area (Å²) in [5, 5.41) is 3.36. The quantitative estimate of drug-likeness (QED) is 0.893. The summed E-state index contributed by atoms with van der Waals surface area (Å²) in [5.41, 5.74) is 0.760. The number of carbonyl (C=O) groups excluding carboxylic acids is 1. The lowest BCUT2D eigenvalue weighted by molar-refractivity contribution is 0.0767. The molecule has 0 saturated carbocycles. The first-order valence-corrected chi connectivity index (χ1v) is 7.37. The van der Waals surface area contributed by atoms with Gasteiger partial charge < -0.3 is 19.8 Å². The molecular formula is C15H21N5O. The van der Waals surface area contributed by atoms with Crippen molar-refractivity contribution in [3.05, 3.63) is 42.2 Å². The topological polar surface area (TPSA) is 66.0 Å². The molecule has 1 amide bonds. The zero-order valence-corrected chi connectivity index (χ0v) is 12.2. The molecule has 6 nitrogen and oxygen atoms in total. The van der Waals surface area contributed by atoms with Crippen molar-refractivity contribution in [3.8, 4) is 0 Å². The van der Waals surface area contributed by atoms with Crippen LogP contribution in [0.25, 0.3) is 0 Å². The van der Waals surface area contributed by atoms with E-state index in [-0.39, 0.29) is 5.91 Å². The van der Waals surface area contributed by atoms with Crippen LogP contribution >= 0.6 is 0 Å². The van der Waals surface area contributed by atoms with E-state index >= 15 is 0 Å². The number of nitrogens with one attached hydrogen (secondary N) is 2. The van der Waals surface area contributed by atoms with Crippen molar-refractivity contribution < 1.29 is 4.79 Å². The molecule has 2 aromatic heterocycles. The van der Waals surface area contributed by atoms with E-state index in [0.29, 0.717) is 12.6 Å². The van der Waals surface area contributed by atoms with E-state index in [4.69, 9.17) is 0 Å².